The molecule has 4 rings (SSSR count). The lowest BCUT2D eigenvalue weighted by molar-refractivity contribution is -0.118. The molecule has 2 heterocycles. The van der Waals surface area contributed by atoms with Crippen LogP contribution in [0, 0.1) is 0 Å². The van der Waals surface area contributed by atoms with E-state index < -0.39 is 10.0 Å². The minimum absolute atomic E-state index is 0.0787. The Morgan fingerprint density at radius 3 is 2.79 bits per heavy atom. The Labute approximate surface area is 162 Å². The summed E-state index contributed by atoms with van der Waals surface area (Å²) in [5.41, 5.74) is 2.00. The third-order valence-electron chi connectivity index (χ3n) is 4.35. The molecule has 0 saturated carbocycles. The fraction of sp³-hybridized carbons (Fsp3) is 0.158. The predicted octanol–water partition coefficient (Wildman–Crippen LogP) is 2.02. The van der Waals surface area contributed by atoms with E-state index in [1.807, 2.05) is 30.3 Å². The van der Waals surface area contributed by atoms with Gasteiger partial charge in [-0.25, -0.2) is 13.1 Å². The van der Waals surface area contributed by atoms with E-state index in [2.05, 4.69) is 10.4 Å². The topological polar surface area (TPSA) is 93.5 Å². The van der Waals surface area contributed by atoms with Crippen LogP contribution in [-0.4, -0.2) is 42.1 Å². The van der Waals surface area contributed by atoms with Crippen LogP contribution in [0.3, 0.4) is 0 Å². The van der Waals surface area contributed by atoms with Crippen molar-refractivity contribution in [2.24, 2.45) is 0 Å². The van der Waals surface area contributed by atoms with Gasteiger partial charge in [-0.15, -0.1) is 0 Å². The molecule has 0 fully saturated rings. The fourth-order valence-corrected chi connectivity index (χ4v) is 4.09. The number of hydrogen-bond donors (Lipinski definition) is 1. The maximum atomic E-state index is 12.9. The normalized spacial score (nSPS) is 13.7. The molecule has 1 aromatic heterocycles. The minimum atomic E-state index is -3.75. The summed E-state index contributed by atoms with van der Waals surface area (Å²) in [7, 11) is -2.25. The van der Waals surface area contributed by atoms with Gasteiger partial charge in [-0.3, -0.25) is 4.79 Å². The van der Waals surface area contributed by atoms with Crippen LogP contribution in [0.4, 0.5) is 5.69 Å². The third kappa shape index (κ3) is 3.49. The molecule has 1 aliphatic heterocycles. The Hall–Kier alpha value is -3.17. The summed E-state index contributed by atoms with van der Waals surface area (Å²) in [5, 5.41) is 6.91. The number of anilines is 1. The highest BCUT2D eigenvalue weighted by atomic mass is 32.2. The van der Waals surface area contributed by atoms with E-state index in [9.17, 15) is 13.2 Å². The van der Waals surface area contributed by atoms with Gasteiger partial charge in [-0.2, -0.15) is 9.40 Å². The first kappa shape index (κ1) is 18.2. The number of carbonyl (C=O) groups excluding carboxylic acids is 1. The number of benzene rings is 2. The Morgan fingerprint density at radius 2 is 2.00 bits per heavy atom. The number of nitrogens with zero attached hydrogens (tertiary/aromatic N) is 3. The van der Waals surface area contributed by atoms with Crippen molar-refractivity contribution < 1.29 is 17.9 Å². The zero-order valence-electron chi connectivity index (χ0n) is 15.1. The summed E-state index contributed by atoms with van der Waals surface area (Å²) in [5.74, 6) is 0.133. The molecule has 1 amide bonds. The molecule has 1 aliphatic rings. The number of para-hydroxylation sites is 1. The average Bonchev–Trinajstić information content (AvgIpc) is 3.16. The summed E-state index contributed by atoms with van der Waals surface area (Å²) in [4.78, 5) is 11.6. The smallest absolute Gasteiger partial charge is 0.262 e. The summed E-state index contributed by atoms with van der Waals surface area (Å²) in [6.07, 6.45) is 3.43. The maximum absolute atomic E-state index is 12.9. The highest BCUT2D eigenvalue weighted by Crippen LogP contribution is 2.31. The van der Waals surface area contributed by atoms with E-state index in [4.69, 9.17) is 4.74 Å². The van der Waals surface area contributed by atoms with Gasteiger partial charge in [0, 0.05) is 25.4 Å². The monoisotopic (exact) mass is 398 g/mol. The first-order valence-electron chi connectivity index (χ1n) is 8.55. The standard InChI is InChI=1S/C19H18N4O4S/c1-22(11-14-10-20-23(12-14)15-5-3-2-4-6-15)28(25,26)16-7-8-18-17(9-16)21-19(24)13-27-18/h2-10,12H,11,13H2,1H3,(H,21,24). The summed E-state index contributed by atoms with van der Waals surface area (Å²) >= 11 is 0. The average molecular weight is 398 g/mol. The van der Waals surface area contributed by atoms with E-state index >= 15 is 0 Å². The molecule has 0 aliphatic carbocycles. The van der Waals surface area contributed by atoms with Crippen molar-refractivity contribution in [3.05, 3.63) is 66.5 Å². The molecule has 9 heteroatoms. The molecule has 0 saturated heterocycles. The number of carbonyl (C=O) groups is 1. The summed E-state index contributed by atoms with van der Waals surface area (Å²) in [6.45, 7) is 0.0829. The number of sulfonamides is 1. The Morgan fingerprint density at radius 1 is 1.21 bits per heavy atom. The minimum Gasteiger partial charge on any atom is -0.482 e. The number of rotatable bonds is 5. The Bertz CT molecular complexity index is 1130. The van der Waals surface area contributed by atoms with E-state index in [0.717, 1.165) is 11.3 Å². The van der Waals surface area contributed by atoms with Gasteiger partial charge in [0.2, 0.25) is 10.0 Å². The maximum Gasteiger partial charge on any atom is 0.262 e. The molecule has 1 N–H and O–H groups in total. The van der Waals surface area contributed by atoms with Gasteiger partial charge in [0.1, 0.15) is 5.75 Å². The lowest BCUT2D eigenvalue weighted by Gasteiger charge is -2.20. The molecule has 0 spiro atoms. The molecule has 0 radical (unpaired) electrons. The molecule has 3 aromatic rings. The van der Waals surface area contributed by atoms with Crippen LogP contribution in [0.5, 0.6) is 5.75 Å². The number of aromatic nitrogens is 2. The van der Waals surface area contributed by atoms with E-state index in [0.29, 0.717) is 11.4 Å². The van der Waals surface area contributed by atoms with E-state index in [-0.39, 0.29) is 24.0 Å². The van der Waals surface area contributed by atoms with Gasteiger partial charge >= 0.3 is 0 Å². The molecule has 2 aromatic carbocycles. The third-order valence-corrected chi connectivity index (χ3v) is 6.15. The van der Waals surface area contributed by atoms with Crippen molar-refractivity contribution in [3.63, 3.8) is 0 Å². The number of fused-ring (bicyclic) bond motifs is 1. The van der Waals surface area contributed by atoms with Gasteiger partial charge in [0.25, 0.3) is 5.91 Å². The molecule has 8 nitrogen and oxygen atoms in total. The Balaban J connectivity index is 1.54. The van der Waals surface area contributed by atoms with Gasteiger partial charge in [-0.05, 0) is 30.3 Å². The van der Waals surface area contributed by atoms with Crippen molar-refractivity contribution >= 4 is 21.6 Å². The molecule has 0 bridgehead atoms. The molecule has 144 valence electrons. The molecular weight excluding hydrogens is 380 g/mol. The molecule has 0 atom stereocenters. The van der Waals surface area contributed by atoms with Crippen LogP contribution in [0.25, 0.3) is 5.69 Å². The zero-order chi connectivity index (χ0) is 19.7. The summed E-state index contributed by atoms with van der Waals surface area (Å²) < 4.78 is 34.1. The lowest BCUT2D eigenvalue weighted by Crippen LogP contribution is -2.28. The largest absolute Gasteiger partial charge is 0.482 e. The highest BCUT2D eigenvalue weighted by molar-refractivity contribution is 7.89. The first-order valence-corrected chi connectivity index (χ1v) is 9.99. The second-order valence-electron chi connectivity index (χ2n) is 6.38. The van der Waals surface area contributed by atoms with Crippen LogP contribution in [0.1, 0.15) is 5.56 Å². The van der Waals surface area contributed by atoms with Crippen molar-refractivity contribution in [2.75, 3.05) is 19.0 Å². The van der Waals surface area contributed by atoms with Crippen molar-refractivity contribution in [1.29, 1.82) is 0 Å². The zero-order valence-corrected chi connectivity index (χ0v) is 15.9. The molecular formula is C19H18N4O4S. The van der Waals surface area contributed by atoms with Gasteiger partial charge < -0.3 is 10.1 Å². The van der Waals surface area contributed by atoms with Crippen molar-refractivity contribution in [3.8, 4) is 11.4 Å². The fourth-order valence-electron chi connectivity index (χ4n) is 2.91. The summed E-state index contributed by atoms with van der Waals surface area (Å²) in [6, 6.07) is 14.0. The van der Waals surface area contributed by atoms with Crippen molar-refractivity contribution in [1.82, 2.24) is 14.1 Å². The SMILES string of the molecule is CN(Cc1cnn(-c2ccccc2)c1)S(=O)(=O)c1ccc2c(c1)NC(=O)CO2. The van der Waals surface area contributed by atoms with Crippen LogP contribution in [0.2, 0.25) is 0 Å². The number of amides is 1. The van der Waals surface area contributed by atoms with Crippen LogP contribution in [0.15, 0.2) is 65.8 Å². The quantitative estimate of drug-likeness (QED) is 0.710. The second-order valence-corrected chi connectivity index (χ2v) is 8.43. The van der Waals surface area contributed by atoms with E-state index in [1.54, 1.807) is 23.1 Å². The second kappa shape index (κ2) is 7.10. The number of ether oxygens (including phenoxy) is 1. The molecule has 28 heavy (non-hydrogen) atoms. The van der Waals surface area contributed by atoms with Crippen molar-refractivity contribution in [2.45, 2.75) is 11.4 Å². The first-order chi connectivity index (χ1) is 13.4. The van der Waals surface area contributed by atoms with Crippen LogP contribution in [-0.2, 0) is 21.4 Å². The highest BCUT2D eigenvalue weighted by Gasteiger charge is 2.25. The molecule has 0 unspecified atom stereocenters. The number of hydrogen-bond acceptors (Lipinski definition) is 5. The Kier molecular flexibility index (Phi) is 4.62. The van der Waals surface area contributed by atoms with Crippen LogP contribution >= 0.6 is 0 Å². The van der Waals surface area contributed by atoms with Gasteiger partial charge in [-0.1, -0.05) is 18.2 Å². The van der Waals surface area contributed by atoms with E-state index in [1.165, 1.54) is 23.5 Å². The number of nitrogens with one attached hydrogen (secondary N) is 1. The van der Waals surface area contributed by atoms with Gasteiger partial charge in [0.05, 0.1) is 22.5 Å². The lowest BCUT2D eigenvalue weighted by atomic mass is 10.2. The van der Waals surface area contributed by atoms with Crippen LogP contribution < -0.4 is 10.1 Å². The predicted molar refractivity (Wildman–Crippen MR) is 103 cm³/mol. The van der Waals surface area contributed by atoms with Gasteiger partial charge in [0.15, 0.2) is 6.61 Å².